The van der Waals surface area contributed by atoms with Crippen molar-refractivity contribution in [2.45, 2.75) is 0 Å². The molecule has 234 valence electrons. The lowest BCUT2D eigenvalue weighted by Crippen LogP contribution is -1.94. The molecule has 0 bridgehead atoms. The van der Waals surface area contributed by atoms with Crippen molar-refractivity contribution in [3.8, 4) is 56.0 Å². The first-order chi connectivity index (χ1) is 24.8. The normalized spacial score (nSPS) is 11.6. The smallest absolute Gasteiger partial charge is 0.231 e. The summed E-state index contributed by atoms with van der Waals surface area (Å²) in [6, 6.07) is 58.8. The van der Waals surface area contributed by atoms with Crippen molar-refractivity contribution in [2.24, 2.45) is 0 Å². The number of rotatable bonds is 5. The fraction of sp³-hybridized carbons (Fsp3) is 0. The van der Waals surface area contributed by atoms with Crippen LogP contribution in [0, 0.1) is 0 Å². The van der Waals surface area contributed by atoms with Crippen molar-refractivity contribution in [2.75, 3.05) is 0 Å². The van der Waals surface area contributed by atoms with Gasteiger partial charge in [0.1, 0.15) is 16.7 Å². The summed E-state index contributed by atoms with van der Waals surface area (Å²) in [4.78, 5) is 10.3. The van der Waals surface area contributed by atoms with E-state index in [1.807, 2.05) is 42.5 Å². The Bertz CT molecular complexity index is 2880. The van der Waals surface area contributed by atoms with Crippen LogP contribution in [0.25, 0.3) is 100 Å². The molecule has 0 spiro atoms. The van der Waals surface area contributed by atoms with Gasteiger partial charge in [-0.2, -0.15) is 4.98 Å². The third-order valence-electron chi connectivity index (χ3n) is 9.52. The Labute approximate surface area is 287 Å². The molecule has 7 aromatic carbocycles. The van der Waals surface area contributed by atoms with Gasteiger partial charge in [0.2, 0.25) is 5.71 Å². The van der Waals surface area contributed by atoms with E-state index in [4.69, 9.17) is 18.8 Å². The molecule has 4 heteroatoms. The zero-order chi connectivity index (χ0) is 33.0. The second-order valence-corrected chi connectivity index (χ2v) is 12.6. The van der Waals surface area contributed by atoms with Crippen LogP contribution in [0.4, 0.5) is 0 Å². The summed E-state index contributed by atoms with van der Waals surface area (Å²) in [6.07, 6.45) is 0. The van der Waals surface area contributed by atoms with E-state index in [0.29, 0.717) is 11.5 Å². The van der Waals surface area contributed by atoms with E-state index in [1.165, 1.54) is 16.7 Å². The molecule has 3 heterocycles. The average Bonchev–Trinajstić information content (AvgIpc) is 3.77. The lowest BCUT2D eigenvalue weighted by atomic mass is 9.95. The fourth-order valence-corrected chi connectivity index (χ4v) is 7.11. The summed E-state index contributed by atoms with van der Waals surface area (Å²) in [7, 11) is 0. The van der Waals surface area contributed by atoms with E-state index in [2.05, 4.69) is 127 Å². The van der Waals surface area contributed by atoms with Crippen LogP contribution in [-0.2, 0) is 0 Å². The van der Waals surface area contributed by atoms with Crippen LogP contribution in [0.1, 0.15) is 0 Å². The number of hydrogen-bond donors (Lipinski definition) is 0. The van der Waals surface area contributed by atoms with E-state index in [1.54, 1.807) is 0 Å². The van der Waals surface area contributed by atoms with Gasteiger partial charge < -0.3 is 8.83 Å². The van der Waals surface area contributed by atoms with Crippen LogP contribution in [0.2, 0.25) is 0 Å². The molecule has 0 aliphatic heterocycles. The minimum atomic E-state index is 0.546. The number of fused-ring (bicyclic) bond motifs is 6. The van der Waals surface area contributed by atoms with Crippen molar-refractivity contribution >= 4 is 44.0 Å². The molecule has 4 nitrogen and oxygen atoms in total. The lowest BCUT2D eigenvalue weighted by molar-refractivity contribution is 0.653. The second kappa shape index (κ2) is 11.4. The summed E-state index contributed by atoms with van der Waals surface area (Å²) in [5, 5.41) is 3.97. The third-order valence-corrected chi connectivity index (χ3v) is 9.52. The first kappa shape index (κ1) is 28.3. The number of nitrogens with zero attached hydrogens (tertiary/aromatic N) is 2. The largest absolute Gasteiger partial charge is 0.455 e. The molecule has 50 heavy (non-hydrogen) atoms. The quantitative estimate of drug-likeness (QED) is 0.188. The number of para-hydroxylation sites is 3. The minimum absolute atomic E-state index is 0.546. The van der Waals surface area contributed by atoms with E-state index in [9.17, 15) is 0 Å². The molecule has 10 aromatic rings. The van der Waals surface area contributed by atoms with Gasteiger partial charge in [0, 0.05) is 27.3 Å². The van der Waals surface area contributed by atoms with Gasteiger partial charge in [0.15, 0.2) is 5.82 Å². The van der Waals surface area contributed by atoms with Crippen molar-refractivity contribution in [1.29, 1.82) is 0 Å². The van der Waals surface area contributed by atoms with Crippen molar-refractivity contribution < 1.29 is 8.83 Å². The highest BCUT2D eigenvalue weighted by molar-refractivity contribution is 6.15. The van der Waals surface area contributed by atoms with Crippen LogP contribution >= 0.6 is 0 Å². The molecule has 0 atom stereocenters. The Balaban J connectivity index is 1.11. The average molecular weight is 641 g/mol. The van der Waals surface area contributed by atoms with Gasteiger partial charge in [-0.1, -0.05) is 133 Å². The Kier molecular flexibility index (Phi) is 6.46. The predicted molar refractivity (Wildman–Crippen MR) is 204 cm³/mol. The van der Waals surface area contributed by atoms with Gasteiger partial charge in [-0.05, 0) is 69.8 Å². The van der Waals surface area contributed by atoms with Gasteiger partial charge >= 0.3 is 0 Å². The molecule has 0 N–H and O–H groups in total. The van der Waals surface area contributed by atoms with Crippen LogP contribution in [0.3, 0.4) is 0 Å². The second-order valence-electron chi connectivity index (χ2n) is 12.6. The fourth-order valence-electron chi connectivity index (χ4n) is 7.11. The van der Waals surface area contributed by atoms with Crippen LogP contribution in [-0.4, -0.2) is 9.97 Å². The Morgan fingerprint density at radius 3 is 1.56 bits per heavy atom. The Hall–Kier alpha value is -6.78. The zero-order valence-electron chi connectivity index (χ0n) is 26.9. The van der Waals surface area contributed by atoms with Gasteiger partial charge in [-0.3, -0.25) is 0 Å². The van der Waals surface area contributed by atoms with Crippen LogP contribution < -0.4 is 0 Å². The molecule has 0 saturated carbocycles. The number of benzene rings is 7. The molecular formula is C46H28N2O2. The van der Waals surface area contributed by atoms with Crippen molar-refractivity contribution in [3.05, 3.63) is 170 Å². The molecule has 0 radical (unpaired) electrons. The van der Waals surface area contributed by atoms with Crippen LogP contribution in [0.5, 0.6) is 0 Å². The maximum atomic E-state index is 6.49. The Morgan fingerprint density at radius 1 is 0.360 bits per heavy atom. The van der Waals surface area contributed by atoms with Crippen molar-refractivity contribution in [3.63, 3.8) is 0 Å². The summed E-state index contributed by atoms with van der Waals surface area (Å²) < 4.78 is 12.9. The third kappa shape index (κ3) is 4.69. The monoisotopic (exact) mass is 640 g/mol. The Morgan fingerprint density at radius 2 is 0.860 bits per heavy atom. The topological polar surface area (TPSA) is 52.1 Å². The molecule has 10 rings (SSSR count). The molecule has 0 saturated heterocycles. The molecule has 0 aliphatic carbocycles. The number of hydrogen-bond acceptors (Lipinski definition) is 4. The summed E-state index contributed by atoms with van der Waals surface area (Å²) in [6.45, 7) is 0. The maximum Gasteiger partial charge on any atom is 0.231 e. The SMILES string of the molecule is c1ccc(-c2cccc(-c3cccc(-c4cccc(-c5nc(-c6cccc7c6oc6ccccc67)c6c(n5)oc5ccccc56)c4)c3)c2)cc1. The lowest BCUT2D eigenvalue weighted by Gasteiger charge is -2.10. The van der Waals surface area contributed by atoms with Gasteiger partial charge in [-0.15, -0.1) is 0 Å². The van der Waals surface area contributed by atoms with E-state index in [-0.39, 0.29) is 0 Å². The van der Waals surface area contributed by atoms with E-state index in [0.717, 1.165) is 71.8 Å². The van der Waals surface area contributed by atoms with Gasteiger partial charge in [0.25, 0.3) is 0 Å². The predicted octanol–water partition coefficient (Wildman–Crippen LogP) is 12.6. The molecule has 0 unspecified atom stereocenters. The zero-order valence-corrected chi connectivity index (χ0v) is 26.9. The van der Waals surface area contributed by atoms with E-state index >= 15 is 0 Å². The van der Waals surface area contributed by atoms with Gasteiger partial charge in [0.05, 0.1) is 11.1 Å². The summed E-state index contributed by atoms with van der Waals surface area (Å²) in [5.74, 6) is 0.591. The minimum Gasteiger partial charge on any atom is -0.455 e. The summed E-state index contributed by atoms with van der Waals surface area (Å²) >= 11 is 0. The molecule has 0 fully saturated rings. The van der Waals surface area contributed by atoms with Crippen molar-refractivity contribution in [1.82, 2.24) is 9.97 Å². The van der Waals surface area contributed by atoms with E-state index < -0.39 is 0 Å². The highest BCUT2D eigenvalue weighted by atomic mass is 16.3. The highest BCUT2D eigenvalue weighted by Crippen LogP contribution is 2.41. The molecule has 0 amide bonds. The highest BCUT2D eigenvalue weighted by Gasteiger charge is 2.21. The standard InChI is InChI=1S/C46H28N2O2/c1-2-12-29(13-3-1)30-14-8-15-31(26-30)32-16-9-17-33(27-32)34-18-10-19-35(28-34)45-47-43(42-38-21-5-7-25-41(38)50-46(42)48-45)39-23-11-22-37-36-20-4-6-24-40(36)49-44(37)39/h1-28H. The van der Waals surface area contributed by atoms with Gasteiger partial charge in [-0.25, -0.2) is 4.98 Å². The molecule has 3 aromatic heterocycles. The maximum absolute atomic E-state index is 6.49. The molecular weight excluding hydrogens is 613 g/mol. The summed E-state index contributed by atoms with van der Waals surface area (Å²) in [5.41, 5.74) is 12.5. The number of furan rings is 2. The first-order valence-corrected chi connectivity index (χ1v) is 16.7. The number of aromatic nitrogens is 2. The first-order valence-electron chi connectivity index (χ1n) is 16.7. The molecule has 0 aliphatic rings. The van der Waals surface area contributed by atoms with Crippen LogP contribution in [0.15, 0.2) is 179 Å².